The molecule has 1 aliphatic rings. The summed E-state index contributed by atoms with van der Waals surface area (Å²) in [4.78, 5) is 12.0. The van der Waals surface area contributed by atoms with Crippen LogP contribution in [0, 0.1) is 0 Å². The number of aryl methyl sites for hydroxylation is 2. The lowest BCUT2D eigenvalue weighted by molar-refractivity contribution is -0.123. The molecule has 2 heterocycles. The van der Waals surface area contributed by atoms with Crippen LogP contribution in [-0.4, -0.2) is 32.3 Å². The first-order valence-corrected chi connectivity index (χ1v) is 9.14. The Kier molecular flexibility index (Phi) is 6.17. The molecule has 0 bridgehead atoms. The fraction of sp³-hybridized carbons (Fsp3) is 0.526. The van der Waals surface area contributed by atoms with Crippen LogP contribution >= 0.6 is 0 Å². The Morgan fingerprint density at radius 2 is 2.04 bits per heavy atom. The summed E-state index contributed by atoms with van der Waals surface area (Å²) < 4.78 is 2.24. The highest BCUT2D eigenvalue weighted by Crippen LogP contribution is 2.16. The number of rotatable bonds is 7. The van der Waals surface area contributed by atoms with Crippen LogP contribution in [0.25, 0.3) is 0 Å². The molecule has 0 saturated carbocycles. The number of benzene rings is 1. The largest absolute Gasteiger partial charge is 0.388 e. The molecule has 134 valence electrons. The third-order valence-corrected chi connectivity index (χ3v) is 4.65. The molecule has 0 aliphatic carbocycles. The van der Waals surface area contributed by atoms with Gasteiger partial charge in [-0.05, 0) is 24.8 Å². The molecule has 0 spiro atoms. The van der Waals surface area contributed by atoms with E-state index < -0.39 is 6.10 Å². The maximum Gasteiger partial charge on any atom is 0.222 e. The number of hydrogen-bond acceptors (Lipinski definition) is 4. The minimum Gasteiger partial charge on any atom is -0.388 e. The van der Waals surface area contributed by atoms with Crippen LogP contribution in [0.1, 0.15) is 55.4 Å². The summed E-state index contributed by atoms with van der Waals surface area (Å²) in [5.74, 6) is 1.99. The lowest BCUT2D eigenvalue weighted by Crippen LogP contribution is -2.26. The average Bonchev–Trinajstić information content (AvgIpc) is 2.86. The van der Waals surface area contributed by atoms with Crippen LogP contribution < -0.4 is 5.32 Å². The summed E-state index contributed by atoms with van der Waals surface area (Å²) in [6, 6.07) is 9.27. The highest BCUT2D eigenvalue weighted by atomic mass is 16.3. The number of nitrogens with zero attached hydrogens (tertiary/aromatic N) is 3. The molecule has 0 radical (unpaired) electrons. The van der Waals surface area contributed by atoms with E-state index in [1.807, 2.05) is 30.3 Å². The second kappa shape index (κ2) is 8.76. The number of nitrogens with one attached hydrogen (secondary N) is 1. The van der Waals surface area contributed by atoms with E-state index in [2.05, 4.69) is 20.1 Å². The molecule has 2 N–H and O–H groups in total. The Labute approximate surface area is 148 Å². The fourth-order valence-electron chi connectivity index (χ4n) is 3.25. The summed E-state index contributed by atoms with van der Waals surface area (Å²) in [6.45, 7) is 1.59. The van der Waals surface area contributed by atoms with Gasteiger partial charge in [0.2, 0.25) is 5.91 Å². The highest BCUT2D eigenvalue weighted by molar-refractivity contribution is 5.76. The first-order chi connectivity index (χ1) is 12.2. The van der Waals surface area contributed by atoms with Crippen molar-refractivity contribution in [2.45, 2.75) is 57.6 Å². The molecule has 6 nitrogen and oxygen atoms in total. The van der Waals surface area contributed by atoms with E-state index in [0.717, 1.165) is 43.0 Å². The average molecular weight is 342 g/mol. The SMILES string of the molecule is O=C(CC(O)c1ccccc1)NCCCc1nnc2n1CCCCC2. The lowest BCUT2D eigenvalue weighted by Gasteiger charge is -2.11. The zero-order valence-electron chi connectivity index (χ0n) is 14.5. The molecule has 1 atom stereocenters. The Hall–Kier alpha value is -2.21. The molecule has 6 heteroatoms. The van der Waals surface area contributed by atoms with Gasteiger partial charge in [-0.2, -0.15) is 0 Å². The van der Waals surface area contributed by atoms with Gasteiger partial charge in [0.1, 0.15) is 11.6 Å². The summed E-state index contributed by atoms with van der Waals surface area (Å²) in [6.07, 6.45) is 5.62. The minimum atomic E-state index is -0.756. The molecular weight excluding hydrogens is 316 g/mol. The molecule has 1 aromatic heterocycles. The predicted octanol–water partition coefficient (Wildman–Crippen LogP) is 2.18. The van der Waals surface area contributed by atoms with Crippen molar-refractivity contribution in [3.05, 3.63) is 47.5 Å². The molecule has 3 rings (SSSR count). The Bertz CT molecular complexity index is 684. The van der Waals surface area contributed by atoms with Crippen molar-refractivity contribution < 1.29 is 9.90 Å². The van der Waals surface area contributed by atoms with Gasteiger partial charge in [-0.1, -0.05) is 36.8 Å². The fourth-order valence-corrected chi connectivity index (χ4v) is 3.25. The van der Waals surface area contributed by atoms with Crippen LogP contribution in [0.5, 0.6) is 0 Å². The zero-order chi connectivity index (χ0) is 17.5. The standard InChI is InChI=1S/C19H26N4O2/c24-16(15-8-3-1-4-9-15)14-19(25)20-12-7-11-18-22-21-17-10-5-2-6-13-23(17)18/h1,3-4,8-9,16,24H,2,5-7,10-14H2,(H,20,25). The molecule has 2 aromatic rings. The van der Waals surface area contributed by atoms with Crippen molar-refractivity contribution in [1.82, 2.24) is 20.1 Å². The lowest BCUT2D eigenvalue weighted by atomic mass is 10.1. The summed E-state index contributed by atoms with van der Waals surface area (Å²) in [5, 5.41) is 21.6. The third-order valence-electron chi connectivity index (χ3n) is 4.65. The molecule has 25 heavy (non-hydrogen) atoms. The topological polar surface area (TPSA) is 80.0 Å². The van der Waals surface area contributed by atoms with Crippen molar-refractivity contribution in [2.75, 3.05) is 6.54 Å². The predicted molar refractivity (Wildman–Crippen MR) is 94.9 cm³/mol. The van der Waals surface area contributed by atoms with Crippen molar-refractivity contribution in [2.24, 2.45) is 0 Å². The quantitative estimate of drug-likeness (QED) is 0.756. The molecule has 1 aliphatic heterocycles. The zero-order valence-corrected chi connectivity index (χ0v) is 14.5. The van der Waals surface area contributed by atoms with Crippen LogP contribution in [-0.2, 0) is 24.2 Å². The molecule has 1 amide bonds. The van der Waals surface area contributed by atoms with Gasteiger partial charge >= 0.3 is 0 Å². The van der Waals surface area contributed by atoms with E-state index in [1.54, 1.807) is 0 Å². The van der Waals surface area contributed by atoms with E-state index >= 15 is 0 Å². The van der Waals surface area contributed by atoms with E-state index in [-0.39, 0.29) is 12.3 Å². The monoisotopic (exact) mass is 342 g/mol. The maximum absolute atomic E-state index is 12.0. The first kappa shape index (κ1) is 17.6. The molecule has 1 aromatic carbocycles. The summed E-state index contributed by atoms with van der Waals surface area (Å²) >= 11 is 0. The summed E-state index contributed by atoms with van der Waals surface area (Å²) in [7, 11) is 0. The van der Waals surface area contributed by atoms with Gasteiger partial charge in [0.25, 0.3) is 0 Å². The van der Waals surface area contributed by atoms with Crippen LogP contribution in [0.2, 0.25) is 0 Å². The summed E-state index contributed by atoms with van der Waals surface area (Å²) in [5.41, 5.74) is 0.767. The molecule has 0 saturated heterocycles. The van der Waals surface area contributed by atoms with E-state index in [9.17, 15) is 9.90 Å². The van der Waals surface area contributed by atoms with Crippen LogP contribution in [0.15, 0.2) is 30.3 Å². The van der Waals surface area contributed by atoms with Gasteiger partial charge in [0.15, 0.2) is 0 Å². The van der Waals surface area contributed by atoms with Crippen molar-refractivity contribution >= 4 is 5.91 Å². The maximum atomic E-state index is 12.0. The number of fused-ring (bicyclic) bond motifs is 1. The first-order valence-electron chi connectivity index (χ1n) is 9.14. The highest BCUT2D eigenvalue weighted by Gasteiger charge is 2.15. The second-order valence-electron chi connectivity index (χ2n) is 6.58. The van der Waals surface area contributed by atoms with Crippen molar-refractivity contribution in [3.63, 3.8) is 0 Å². The van der Waals surface area contributed by atoms with Gasteiger partial charge < -0.3 is 15.0 Å². The van der Waals surface area contributed by atoms with Crippen LogP contribution in [0.4, 0.5) is 0 Å². The van der Waals surface area contributed by atoms with Crippen molar-refractivity contribution in [3.8, 4) is 0 Å². The number of hydrogen-bond donors (Lipinski definition) is 2. The number of aliphatic hydroxyl groups excluding tert-OH is 1. The number of amides is 1. The van der Waals surface area contributed by atoms with Gasteiger partial charge in [-0.3, -0.25) is 4.79 Å². The van der Waals surface area contributed by atoms with E-state index in [1.165, 1.54) is 19.3 Å². The van der Waals surface area contributed by atoms with Gasteiger partial charge in [-0.25, -0.2) is 0 Å². The van der Waals surface area contributed by atoms with E-state index in [4.69, 9.17) is 0 Å². The normalized spacial score (nSPS) is 15.2. The minimum absolute atomic E-state index is 0.0876. The number of carbonyl (C=O) groups is 1. The number of carbonyl (C=O) groups excluding carboxylic acids is 1. The smallest absolute Gasteiger partial charge is 0.222 e. The number of aliphatic hydroxyl groups is 1. The van der Waals surface area contributed by atoms with E-state index in [0.29, 0.717) is 6.54 Å². The Balaban J connectivity index is 1.40. The van der Waals surface area contributed by atoms with Gasteiger partial charge in [0, 0.05) is 25.9 Å². The molecule has 1 unspecified atom stereocenters. The second-order valence-corrected chi connectivity index (χ2v) is 6.58. The van der Waals surface area contributed by atoms with Crippen LogP contribution in [0.3, 0.4) is 0 Å². The van der Waals surface area contributed by atoms with Crippen molar-refractivity contribution in [1.29, 1.82) is 0 Å². The van der Waals surface area contributed by atoms with Gasteiger partial charge in [0.05, 0.1) is 12.5 Å². The number of aromatic nitrogens is 3. The molecule has 0 fully saturated rings. The third kappa shape index (κ3) is 4.89. The Morgan fingerprint density at radius 3 is 2.88 bits per heavy atom. The Morgan fingerprint density at radius 1 is 1.20 bits per heavy atom. The molecular formula is C19H26N4O2. The van der Waals surface area contributed by atoms with Gasteiger partial charge in [-0.15, -0.1) is 10.2 Å².